The van der Waals surface area contributed by atoms with Crippen molar-refractivity contribution in [3.8, 4) is 0 Å². The molecule has 0 heterocycles. The van der Waals surface area contributed by atoms with Crippen LogP contribution in [0.5, 0.6) is 0 Å². The number of nitrogens with two attached hydrogens (primary N) is 2. The normalized spacial score (nSPS) is 6.81. The third kappa shape index (κ3) is 1110. The fourth-order valence-electron chi connectivity index (χ4n) is 0.617. The first-order chi connectivity index (χ1) is 15.5. The van der Waals surface area contributed by atoms with E-state index >= 15 is 0 Å². The number of carboxylic acid groups (broad SMARTS) is 5. The molecule has 0 fully saturated rings. The van der Waals surface area contributed by atoms with Crippen LogP contribution in [0, 0.1) is 34.6 Å². The summed E-state index contributed by atoms with van der Waals surface area (Å²) in [6.45, 7) is 18.3. The van der Waals surface area contributed by atoms with Crippen LogP contribution in [0.2, 0.25) is 0 Å². The van der Waals surface area contributed by atoms with E-state index < -0.39 is 29.8 Å². The first kappa shape index (κ1) is 64.5. The van der Waals surface area contributed by atoms with Crippen molar-refractivity contribution in [2.45, 2.75) is 0 Å². The van der Waals surface area contributed by atoms with Crippen LogP contribution in [0.15, 0.2) is 0 Å². The van der Waals surface area contributed by atoms with E-state index in [0.29, 0.717) is 26.2 Å². The van der Waals surface area contributed by atoms with Crippen molar-refractivity contribution in [3.05, 3.63) is 46.1 Å². The van der Waals surface area contributed by atoms with Crippen LogP contribution in [0.1, 0.15) is 0 Å². The summed E-state index contributed by atoms with van der Waals surface area (Å²) in [4.78, 5) is 44.4. The molecule has 0 aromatic carbocycles. The fraction of sp³-hybridized carbons (Fsp3) is 0.444. The molecular formula is C18H42Fe2N7O10-7. The number of carbonyl (C=O) groups is 5. The molecular weight excluding hydrogens is 586 g/mol. The van der Waals surface area contributed by atoms with Crippen molar-refractivity contribution < 1.29 is 83.6 Å². The van der Waals surface area contributed by atoms with E-state index in [0.717, 1.165) is 26.2 Å². The minimum atomic E-state index is -1.08. The summed E-state index contributed by atoms with van der Waals surface area (Å²) in [6, 6.07) is 0. The van der Waals surface area contributed by atoms with Crippen molar-refractivity contribution >= 4 is 29.8 Å². The quantitative estimate of drug-likeness (QED) is 0.0862. The van der Waals surface area contributed by atoms with Gasteiger partial charge in [-0.1, -0.05) is 0 Å². The number of hydrogen-bond acceptors (Lipinski definition) is 10. The van der Waals surface area contributed by atoms with Gasteiger partial charge in [0, 0.05) is 60.3 Å². The predicted octanol–water partition coefficient (Wildman–Crippen LogP) is -1.14. The molecule has 16 N–H and O–H groups in total. The number of nitrogens with one attached hydrogen (secondary N) is 4. The Morgan fingerprint density at radius 3 is 0.865 bits per heavy atom. The second kappa shape index (κ2) is 69.9. The minimum Gasteiger partial charge on any atom is -0.676 e. The number of rotatable bonds is 8. The molecule has 0 spiro atoms. The molecule has 0 saturated carbocycles. The third-order valence-corrected chi connectivity index (χ3v) is 1.25. The first-order valence-electron chi connectivity index (χ1n) is 8.84. The summed E-state index contributed by atoms with van der Waals surface area (Å²) in [5.74, 6) is -5.42. The Morgan fingerprint density at radius 2 is 0.730 bits per heavy atom. The van der Waals surface area contributed by atoms with Gasteiger partial charge in [0.05, 0.1) is 0 Å². The van der Waals surface area contributed by atoms with Gasteiger partial charge in [-0.25, -0.2) is 0 Å². The van der Waals surface area contributed by atoms with E-state index in [2.05, 4.69) is 45.3 Å². The van der Waals surface area contributed by atoms with E-state index in [4.69, 9.17) is 72.4 Å². The molecule has 0 aromatic rings. The largest absolute Gasteiger partial charge is 0.676 e. The van der Waals surface area contributed by atoms with Crippen LogP contribution in [-0.2, 0) is 58.1 Å². The zero-order valence-electron chi connectivity index (χ0n) is 20.5. The summed E-state index contributed by atoms with van der Waals surface area (Å²) in [7, 11) is 0. The van der Waals surface area contributed by atoms with E-state index in [-0.39, 0.29) is 40.3 Å². The van der Waals surface area contributed by atoms with Gasteiger partial charge in [0.1, 0.15) is 0 Å². The Labute approximate surface area is 240 Å². The topological polar surface area (TPSA) is 345 Å². The molecule has 19 heteroatoms. The SMILES string of the molecule is N.[CH2-]C(=O)O.[CH2-]C(=O)O.[CH2-]C(=O)O.[CH2-]C(=O)O.[CH2-]C(=O)O.[Fe].[Fe].[NH-]CCN.[NH-]CCNCCNCCN. The molecule has 0 radical (unpaired) electrons. The van der Waals surface area contributed by atoms with Crippen LogP contribution in [0.3, 0.4) is 0 Å². The molecule has 0 aliphatic carbocycles. The molecule has 0 rings (SSSR count). The first-order valence-corrected chi connectivity index (χ1v) is 8.84. The minimum absolute atomic E-state index is 0. The fourth-order valence-corrected chi connectivity index (χ4v) is 0.617. The van der Waals surface area contributed by atoms with Crippen molar-refractivity contribution in [2.75, 3.05) is 52.4 Å². The Bertz CT molecular complexity index is 369. The molecule has 0 saturated heterocycles. The second-order valence-electron chi connectivity index (χ2n) is 4.55. The monoisotopic (exact) mass is 628 g/mol. The van der Waals surface area contributed by atoms with Gasteiger partial charge >= 0.3 is 0 Å². The van der Waals surface area contributed by atoms with Gasteiger partial charge < -0.3 is 65.3 Å². The summed E-state index contributed by atoms with van der Waals surface area (Å²) < 4.78 is 0. The standard InChI is InChI=1S/C6H17N4.C2H7N2.5C2H3O2.2Fe.H3N/c7-1-3-9-5-6-10-4-2-8;3-1-2-4;5*1-2(3)4;;;/h7,9-10H,1-6,8H2;3H,1-2,4H2;5*1H2,(H,3,4);;;1H3/q7*-1;;;. The average molecular weight is 628 g/mol. The predicted molar refractivity (Wildman–Crippen MR) is 132 cm³/mol. The van der Waals surface area contributed by atoms with Gasteiger partial charge in [-0.3, -0.25) is 58.6 Å². The Kier molecular flexibility index (Phi) is 122. The second-order valence-corrected chi connectivity index (χ2v) is 4.55. The molecule has 0 atom stereocenters. The van der Waals surface area contributed by atoms with Crippen molar-refractivity contribution in [2.24, 2.45) is 11.5 Å². The van der Waals surface area contributed by atoms with Gasteiger partial charge in [0.25, 0.3) is 0 Å². The molecule has 0 amide bonds. The molecule has 0 bridgehead atoms. The number of hydrogen-bond donors (Lipinski definition) is 10. The van der Waals surface area contributed by atoms with Crippen molar-refractivity contribution in [1.29, 1.82) is 0 Å². The molecule has 0 aliphatic rings. The summed E-state index contributed by atoms with van der Waals surface area (Å²) in [5.41, 5.74) is 23.2. The Morgan fingerprint density at radius 1 is 0.541 bits per heavy atom. The Hall–Kier alpha value is -2.54. The van der Waals surface area contributed by atoms with Gasteiger partial charge in [-0.2, -0.15) is 0 Å². The summed E-state index contributed by atoms with van der Waals surface area (Å²) in [6.07, 6.45) is 0. The maximum atomic E-state index is 8.89. The van der Waals surface area contributed by atoms with E-state index in [1.165, 1.54) is 0 Å². The maximum Gasteiger partial charge on any atom is 0.161 e. The molecule has 0 aliphatic heterocycles. The van der Waals surface area contributed by atoms with Crippen LogP contribution in [-0.4, -0.2) is 108 Å². The van der Waals surface area contributed by atoms with Gasteiger partial charge in [-0.05, 0) is 13.1 Å². The van der Waals surface area contributed by atoms with Gasteiger partial charge in [0.2, 0.25) is 0 Å². The number of carboxylic acids is 5. The third-order valence-electron chi connectivity index (χ3n) is 1.25. The van der Waals surface area contributed by atoms with E-state index in [9.17, 15) is 0 Å². The van der Waals surface area contributed by atoms with Gasteiger partial charge in [0.15, 0.2) is 29.8 Å². The molecule has 0 unspecified atom stereocenters. The average Bonchev–Trinajstić information content (AvgIpc) is 2.62. The zero-order valence-corrected chi connectivity index (χ0v) is 22.7. The van der Waals surface area contributed by atoms with Crippen molar-refractivity contribution in [1.82, 2.24) is 16.8 Å². The summed E-state index contributed by atoms with van der Waals surface area (Å²) >= 11 is 0. The molecule has 37 heavy (non-hydrogen) atoms. The smallest absolute Gasteiger partial charge is 0.161 e. The van der Waals surface area contributed by atoms with Crippen LogP contribution >= 0.6 is 0 Å². The van der Waals surface area contributed by atoms with Crippen LogP contribution in [0.25, 0.3) is 11.5 Å². The molecule has 17 nitrogen and oxygen atoms in total. The maximum absolute atomic E-state index is 8.89. The molecule has 232 valence electrons. The van der Waals surface area contributed by atoms with E-state index in [1.54, 1.807) is 0 Å². The van der Waals surface area contributed by atoms with Crippen LogP contribution in [0.4, 0.5) is 0 Å². The number of aliphatic carboxylic acids is 5. The van der Waals surface area contributed by atoms with Gasteiger partial charge in [-0.15, -0.1) is 13.1 Å². The van der Waals surface area contributed by atoms with Crippen molar-refractivity contribution in [3.63, 3.8) is 0 Å². The molecule has 0 aromatic heterocycles. The van der Waals surface area contributed by atoms with E-state index in [1.807, 2.05) is 0 Å². The zero-order chi connectivity index (χ0) is 29.0. The Balaban J connectivity index is -0.0000000297. The summed E-state index contributed by atoms with van der Waals surface area (Å²) in [5, 5.41) is 42.8. The van der Waals surface area contributed by atoms with Crippen LogP contribution < -0.4 is 28.3 Å².